The standard InChI is InChI=1S/C14H18FNO3/c15-12-3-1-2-11(8-12)14(18)4-5-16-6-7-19-10-13(16)9-17/h1-3,8,13,17H,4-7,9-10H2. The van der Waals surface area contributed by atoms with E-state index in [0.717, 1.165) is 0 Å². The third kappa shape index (κ3) is 3.83. The molecule has 1 unspecified atom stereocenters. The van der Waals surface area contributed by atoms with Crippen LogP contribution in [0.4, 0.5) is 4.39 Å². The Labute approximate surface area is 111 Å². The molecule has 1 saturated heterocycles. The van der Waals surface area contributed by atoms with Gasteiger partial charge in [0.25, 0.3) is 0 Å². The minimum Gasteiger partial charge on any atom is -0.395 e. The Hall–Kier alpha value is -1.30. The Bertz CT molecular complexity index is 438. The fraction of sp³-hybridized carbons (Fsp3) is 0.500. The summed E-state index contributed by atoms with van der Waals surface area (Å²) >= 11 is 0. The first-order valence-corrected chi connectivity index (χ1v) is 6.42. The van der Waals surface area contributed by atoms with Gasteiger partial charge >= 0.3 is 0 Å². The average Bonchev–Trinajstić information content (AvgIpc) is 2.45. The smallest absolute Gasteiger partial charge is 0.164 e. The van der Waals surface area contributed by atoms with Crippen LogP contribution in [0.25, 0.3) is 0 Å². The molecular formula is C14H18FNO3. The number of ether oxygens (including phenoxy) is 1. The number of benzene rings is 1. The minimum absolute atomic E-state index is 0.0220. The van der Waals surface area contributed by atoms with E-state index in [9.17, 15) is 14.3 Å². The molecule has 0 amide bonds. The average molecular weight is 267 g/mol. The number of ketones is 1. The summed E-state index contributed by atoms with van der Waals surface area (Å²) in [6.07, 6.45) is 0.319. The summed E-state index contributed by atoms with van der Waals surface area (Å²) in [6, 6.07) is 5.68. The number of hydrogen-bond donors (Lipinski definition) is 1. The van der Waals surface area contributed by atoms with Crippen LogP contribution in [0.5, 0.6) is 0 Å². The van der Waals surface area contributed by atoms with Gasteiger partial charge in [0.05, 0.1) is 25.9 Å². The molecule has 19 heavy (non-hydrogen) atoms. The molecule has 1 aliphatic heterocycles. The molecule has 1 N–H and O–H groups in total. The van der Waals surface area contributed by atoms with Crippen LogP contribution >= 0.6 is 0 Å². The molecule has 0 spiro atoms. The van der Waals surface area contributed by atoms with Crippen molar-refractivity contribution in [3.63, 3.8) is 0 Å². The predicted molar refractivity (Wildman–Crippen MR) is 68.6 cm³/mol. The topological polar surface area (TPSA) is 49.8 Å². The van der Waals surface area contributed by atoms with E-state index in [4.69, 9.17) is 4.74 Å². The number of morpholine rings is 1. The molecule has 2 rings (SSSR count). The lowest BCUT2D eigenvalue weighted by Crippen LogP contribution is -2.48. The van der Waals surface area contributed by atoms with E-state index in [1.807, 2.05) is 4.90 Å². The number of aliphatic hydroxyl groups excluding tert-OH is 1. The number of carbonyl (C=O) groups is 1. The van der Waals surface area contributed by atoms with Crippen LogP contribution in [0.3, 0.4) is 0 Å². The molecule has 0 aliphatic carbocycles. The van der Waals surface area contributed by atoms with Gasteiger partial charge in [0.2, 0.25) is 0 Å². The molecule has 0 bridgehead atoms. The maximum Gasteiger partial charge on any atom is 0.164 e. The number of carbonyl (C=O) groups excluding carboxylic acids is 1. The maximum absolute atomic E-state index is 13.0. The first-order chi connectivity index (χ1) is 9.20. The first-order valence-electron chi connectivity index (χ1n) is 6.42. The van der Waals surface area contributed by atoms with Crippen molar-refractivity contribution < 1.29 is 19.0 Å². The van der Waals surface area contributed by atoms with Crippen molar-refractivity contribution in [3.05, 3.63) is 35.6 Å². The molecule has 4 nitrogen and oxygen atoms in total. The van der Waals surface area contributed by atoms with Crippen LogP contribution in [0.2, 0.25) is 0 Å². The molecule has 1 aromatic carbocycles. The van der Waals surface area contributed by atoms with E-state index in [1.54, 1.807) is 6.07 Å². The molecular weight excluding hydrogens is 249 g/mol. The lowest BCUT2D eigenvalue weighted by molar-refractivity contribution is -0.0270. The fourth-order valence-electron chi connectivity index (χ4n) is 2.20. The number of nitrogens with zero attached hydrogens (tertiary/aromatic N) is 1. The van der Waals surface area contributed by atoms with Crippen LogP contribution in [-0.2, 0) is 4.74 Å². The summed E-state index contributed by atoms with van der Waals surface area (Å²) in [4.78, 5) is 14.0. The molecule has 5 heteroatoms. The zero-order valence-electron chi connectivity index (χ0n) is 10.7. The molecule has 1 aliphatic rings. The highest BCUT2D eigenvalue weighted by atomic mass is 19.1. The second-order valence-electron chi connectivity index (χ2n) is 4.63. The number of halogens is 1. The number of hydrogen-bond acceptors (Lipinski definition) is 4. The Morgan fingerprint density at radius 1 is 1.53 bits per heavy atom. The highest BCUT2D eigenvalue weighted by Crippen LogP contribution is 2.10. The van der Waals surface area contributed by atoms with E-state index in [-0.39, 0.29) is 18.4 Å². The molecule has 1 heterocycles. The molecule has 0 saturated carbocycles. The van der Waals surface area contributed by atoms with E-state index >= 15 is 0 Å². The van der Waals surface area contributed by atoms with Crippen LogP contribution < -0.4 is 0 Å². The summed E-state index contributed by atoms with van der Waals surface area (Å²) in [5.41, 5.74) is 0.397. The van der Waals surface area contributed by atoms with Gasteiger partial charge in [-0.3, -0.25) is 9.69 Å². The summed E-state index contributed by atoms with van der Waals surface area (Å²) in [6.45, 7) is 2.40. The van der Waals surface area contributed by atoms with Gasteiger partial charge < -0.3 is 9.84 Å². The Kier molecular flexibility index (Phi) is 5.01. The maximum atomic E-state index is 13.0. The molecule has 104 valence electrons. The van der Waals surface area contributed by atoms with Gasteiger partial charge in [-0.2, -0.15) is 0 Å². The number of Topliss-reactive ketones (excluding diaryl/α,β-unsaturated/α-hetero) is 1. The van der Waals surface area contributed by atoms with Crippen molar-refractivity contribution in [2.75, 3.05) is 32.9 Å². The third-order valence-electron chi connectivity index (χ3n) is 3.33. The van der Waals surface area contributed by atoms with Crippen molar-refractivity contribution in [2.45, 2.75) is 12.5 Å². The van der Waals surface area contributed by atoms with Gasteiger partial charge in [-0.15, -0.1) is 0 Å². The van der Waals surface area contributed by atoms with Crippen LogP contribution in [0, 0.1) is 5.82 Å². The van der Waals surface area contributed by atoms with Crippen molar-refractivity contribution in [1.82, 2.24) is 4.90 Å². The normalized spacial score (nSPS) is 20.4. The monoisotopic (exact) mass is 267 g/mol. The van der Waals surface area contributed by atoms with E-state index in [1.165, 1.54) is 18.2 Å². The second-order valence-corrected chi connectivity index (χ2v) is 4.63. The summed E-state index contributed by atoms with van der Waals surface area (Å²) in [7, 11) is 0. The molecule has 1 fully saturated rings. The third-order valence-corrected chi connectivity index (χ3v) is 3.33. The fourth-order valence-corrected chi connectivity index (χ4v) is 2.20. The summed E-state index contributed by atoms with van der Waals surface area (Å²) in [5.74, 6) is -0.479. The second kappa shape index (κ2) is 6.75. The Morgan fingerprint density at radius 2 is 2.37 bits per heavy atom. The lowest BCUT2D eigenvalue weighted by atomic mass is 10.1. The largest absolute Gasteiger partial charge is 0.395 e. The van der Waals surface area contributed by atoms with Crippen molar-refractivity contribution >= 4 is 5.78 Å². The van der Waals surface area contributed by atoms with Crippen LogP contribution in [0.15, 0.2) is 24.3 Å². The van der Waals surface area contributed by atoms with Crippen LogP contribution in [0.1, 0.15) is 16.8 Å². The van der Waals surface area contributed by atoms with E-state index in [0.29, 0.717) is 38.3 Å². The number of aliphatic hydroxyl groups is 1. The van der Waals surface area contributed by atoms with Crippen molar-refractivity contribution in [3.8, 4) is 0 Å². The lowest BCUT2D eigenvalue weighted by Gasteiger charge is -2.34. The van der Waals surface area contributed by atoms with Gasteiger partial charge in [0.1, 0.15) is 5.82 Å². The SMILES string of the molecule is O=C(CCN1CCOCC1CO)c1cccc(F)c1. The van der Waals surface area contributed by atoms with Gasteiger partial charge in [0, 0.05) is 25.1 Å². The predicted octanol–water partition coefficient (Wildman–Crippen LogP) is 1.09. The molecule has 1 atom stereocenters. The molecule has 1 aromatic rings. The molecule has 0 radical (unpaired) electrons. The van der Waals surface area contributed by atoms with Gasteiger partial charge in [-0.25, -0.2) is 4.39 Å². The van der Waals surface area contributed by atoms with Gasteiger partial charge in [-0.1, -0.05) is 12.1 Å². The Balaban J connectivity index is 1.89. The van der Waals surface area contributed by atoms with Crippen molar-refractivity contribution in [2.24, 2.45) is 0 Å². The zero-order valence-corrected chi connectivity index (χ0v) is 10.7. The highest BCUT2D eigenvalue weighted by Gasteiger charge is 2.22. The molecule has 0 aromatic heterocycles. The van der Waals surface area contributed by atoms with E-state index < -0.39 is 5.82 Å². The summed E-state index contributed by atoms with van der Waals surface area (Å²) in [5, 5.41) is 9.22. The van der Waals surface area contributed by atoms with Crippen LogP contribution in [-0.4, -0.2) is 54.7 Å². The number of rotatable bonds is 5. The van der Waals surface area contributed by atoms with Gasteiger partial charge in [0.15, 0.2) is 5.78 Å². The first kappa shape index (κ1) is 14.1. The quantitative estimate of drug-likeness (QED) is 0.811. The summed E-state index contributed by atoms with van der Waals surface area (Å²) < 4.78 is 18.3. The van der Waals surface area contributed by atoms with E-state index in [2.05, 4.69) is 0 Å². The minimum atomic E-state index is -0.398. The Morgan fingerprint density at radius 3 is 3.11 bits per heavy atom. The zero-order chi connectivity index (χ0) is 13.7. The van der Waals surface area contributed by atoms with Crippen molar-refractivity contribution in [1.29, 1.82) is 0 Å². The highest BCUT2D eigenvalue weighted by molar-refractivity contribution is 5.96. The van der Waals surface area contributed by atoms with Gasteiger partial charge in [-0.05, 0) is 12.1 Å².